The molecule has 2 aromatic rings. The fourth-order valence-electron chi connectivity index (χ4n) is 3.37. The molecule has 5 atom stereocenters. The molecule has 1 saturated heterocycles. The summed E-state index contributed by atoms with van der Waals surface area (Å²) in [6, 6.07) is 12.9. The number of aliphatic hydroxyl groups is 5. The molecule has 7 nitrogen and oxygen atoms in total. The van der Waals surface area contributed by atoms with Crippen molar-refractivity contribution in [3.05, 3.63) is 64.2 Å². The zero-order valence-electron chi connectivity index (χ0n) is 17.7. The smallest absolute Gasteiger partial charge is 0.119 e. The zero-order chi connectivity index (χ0) is 23.0. The Bertz CT molecular complexity index is 797. The van der Waals surface area contributed by atoms with Gasteiger partial charge in [-0.05, 0) is 55.2 Å². The Kier molecular flexibility index (Phi) is 10.2. The largest absolute Gasteiger partial charge is 0.494 e. The summed E-state index contributed by atoms with van der Waals surface area (Å²) in [6.07, 6.45) is -5.39. The first-order valence-corrected chi connectivity index (χ1v) is 10.6. The van der Waals surface area contributed by atoms with E-state index in [1.807, 2.05) is 37.3 Å². The van der Waals surface area contributed by atoms with Gasteiger partial charge in [0.05, 0.1) is 13.2 Å². The second-order valence-electron chi connectivity index (χ2n) is 7.17. The normalized spacial score (nSPS) is 25.5. The van der Waals surface area contributed by atoms with Crippen LogP contribution in [-0.4, -0.2) is 69.8 Å². The van der Waals surface area contributed by atoms with Crippen molar-refractivity contribution in [3.63, 3.8) is 0 Å². The van der Waals surface area contributed by atoms with Gasteiger partial charge in [-0.15, -0.1) is 0 Å². The van der Waals surface area contributed by atoms with Crippen LogP contribution >= 0.6 is 11.6 Å². The van der Waals surface area contributed by atoms with E-state index in [0.29, 0.717) is 23.6 Å². The van der Waals surface area contributed by atoms with Crippen LogP contribution in [0.5, 0.6) is 5.75 Å². The molecule has 1 aliphatic heterocycles. The van der Waals surface area contributed by atoms with E-state index >= 15 is 0 Å². The fourth-order valence-corrected chi connectivity index (χ4v) is 3.56. The predicted octanol–water partition coefficient (Wildman–Crippen LogP) is 1.84. The van der Waals surface area contributed by atoms with E-state index in [2.05, 4.69) is 0 Å². The minimum Gasteiger partial charge on any atom is -0.494 e. The maximum Gasteiger partial charge on any atom is 0.119 e. The lowest BCUT2D eigenvalue weighted by Gasteiger charge is -2.40. The van der Waals surface area contributed by atoms with Crippen molar-refractivity contribution >= 4 is 11.6 Å². The lowest BCUT2D eigenvalue weighted by Crippen LogP contribution is -2.55. The SMILES string of the molecule is CCO.CCOc1ccc(Cc2cc([C@@H]3O[C@H](CO)[C@@H](O)[C@H](O)[C@H]3O)ccc2Cl)cc1. The maximum atomic E-state index is 10.3. The highest BCUT2D eigenvalue weighted by molar-refractivity contribution is 6.31. The van der Waals surface area contributed by atoms with Gasteiger partial charge in [-0.2, -0.15) is 0 Å². The van der Waals surface area contributed by atoms with Gasteiger partial charge in [0.1, 0.15) is 36.3 Å². The minimum absolute atomic E-state index is 0.250. The molecule has 5 N–H and O–H groups in total. The van der Waals surface area contributed by atoms with Gasteiger partial charge in [0, 0.05) is 11.6 Å². The Morgan fingerprint density at radius 1 is 0.935 bits per heavy atom. The van der Waals surface area contributed by atoms with Gasteiger partial charge < -0.3 is 35.0 Å². The van der Waals surface area contributed by atoms with Crippen molar-refractivity contribution in [2.45, 2.75) is 50.8 Å². The standard InChI is InChI=1S/C21H25ClO6.C2H6O/c1-2-27-15-6-3-12(4-7-15)9-14-10-13(5-8-16(14)22)21-20(26)19(25)18(24)17(11-23)28-21;1-2-3/h3-8,10,17-21,23-26H,2,9,11H2,1H3;3H,2H2,1H3/t17-,18-,19+,20-,21+;/m1./s1. The number of hydrogen-bond donors (Lipinski definition) is 5. The Labute approximate surface area is 187 Å². The van der Waals surface area contributed by atoms with Crippen LogP contribution in [0, 0.1) is 0 Å². The second-order valence-corrected chi connectivity index (χ2v) is 7.58. The average Bonchev–Trinajstić information content (AvgIpc) is 2.76. The van der Waals surface area contributed by atoms with Gasteiger partial charge in [0.2, 0.25) is 0 Å². The minimum atomic E-state index is -1.42. The first kappa shape index (κ1) is 25.5. The molecular weight excluding hydrogens is 424 g/mol. The summed E-state index contributed by atoms with van der Waals surface area (Å²) in [5.41, 5.74) is 2.49. The van der Waals surface area contributed by atoms with Crippen LogP contribution in [0.25, 0.3) is 0 Å². The molecular formula is C23H31ClO7. The number of ether oxygens (including phenoxy) is 2. The van der Waals surface area contributed by atoms with E-state index < -0.39 is 37.1 Å². The van der Waals surface area contributed by atoms with Crippen molar-refractivity contribution in [3.8, 4) is 5.75 Å². The third-order valence-corrected chi connectivity index (χ3v) is 5.29. The van der Waals surface area contributed by atoms with Crippen LogP contribution in [0.2, 0.25) is 5.02 Å². The molecule has 8 heteroatoms. The molecule has 0 radical (unpaired) electrons. The van der Waals surface area contributed by atoms with Crippen LogP contribution in [0.15, 0.2) is 42.5 Å². The van der Waals surface area contributed by atoms with Crippen molar-refractivity contribution in [2.24, 2.45) is 0 Å². The Morgan fingerprint density at radius 2 is 1.58 bits per heavy atom. The fraction of sp³-hybridized carbons (Fsp3) is 0.478. The molecule has 2 aromatic carbocycles. The highest BCUT2D eigenvalue weighted by Gasteiger charge is 2.43. The number of rotatable bonds is 6. The van der Waals surface area contributed by atoms with E-state index in [1.165, 1.54) is 0 Å². The van der Waals surface area contributed by atoms with Crippen LogP contribution in [0.4, 0.5) is 0 Å². The van der Waals surface area contributed by atoms with Gasteiger partial charge in [0.15, 0.2) is 0 Å². The lowest BCUT2D eigenvalue weighted by atomic mass is 9.90. The molecule has 3 rings (SSSR count). The van der Waals surface area contributed by atoms with E-state index in [4.69, 9.17) is 26.2 Å². The van der Waals surface area contributed by atoms with E-state index in [9.17, 15) is 20.4 Å². The maximum absolute atomic E-state index is 10.3. The predicted molar refractivity (Wildman–Crippen MR) is 117 cm³/mol. The van der Waals surface area contributed by atoms with Crippen LogP contribution in [0.1, 0.15) is 36.6 Å². The zero-order valence-corrected chi connectivity index (χ0v) is 18.4. The Balaban J connectivity index is 0.00000107. The van der Waals surface area contributed by atoms with Gasteiger partial charge in [-0.3, -0.25) is 0 Å². The summed E-state index contributed by atoms with van der Waals surface area (Å²) >= 11 is 6.35. The van der Waals surface area contributed by atoms with E-state index in [0.717, 1.165) is 16.9 Å². The van der Waals surface area contributed by atoms with Crippen LogP contribution in [-0.2, 0) is 11.2 Å². The van der Waals surface area contributed by atoms with Gasteiger partial charge in [-0.25, -0.2) is 0 Å². The molecule has 31 heavy (non-hydrogen) atoms. The summed E-state index contributed by atoms with van der Waals surface area (Å²) in [4.78, 5) is 0. The second kappa shape index (κ2) is 12.4. The first-order chi connectivity index (χ1) is 14.9. The molecule has 1 heterocycles. The van der Waals surface area contributed by atoms with Crippen LogP contribution in [0.3, 0.4) is 0 Å². The summed E-state index contributed by atoms with van der Waals surface area (Å²) < 4.78 is 11.1. The molecule has 1 aliphatic rings. The average molecular weight is 455 g/mol. The highest BCUT2D eigenvalue weighted by Crippen LogP contribution is 2.34. The number of halogens is 1. The number of hydrogen-bond acceptors (Lipinski definition) is 7. The first-order valence-electron chi connectivity index (χ1n) is 10.3. The number of benzene rings is 2. The molecule has 0 unspecified atom stereocenters. The molecule has 0 aliphatic carbocycles. The van der Waals surface area contributed by atoms with Gasteiger partial charge in [-0.1, -0.05) is 35.9 Å². The van der Waals surface area contributed by atoms with Crippen LogP contribution < -0.4 is 4.74 Å². The summed E-state index contributed by atoms with van der Waals surface area (Å²) in [6.45, 7) is 4.00. The molecule has 0 saturated carbocycles. The van der Waals surface area contributed by atoms with E-state index in [-0.39, 0.29) is 6.61 Å². The Hall–Kier alpha value is -1.71. The topological polar surface area (TPSA) is 120 Å². The monoisotopic (exact) mass is 454 g/mol. The van der Waals surface area contributed by atoms with Crippen molar-refractivity contribution < 1.29 is 35.0 Å². The van der Waals surface area contributed by atoms with Gasteiger partial charge in [0.25, 0.3) is 0 Å². The lowest BCUT2D eigenvalue weighted by molar-refractivity contribution is -0.231. The van der Waals surface area contributed by atoms with Crippen molar-refractivity contribution in [2.75, 3.05) is 19.8 Å². The molecule has 0 amide bonds. The molecule has 0 spiro atoms. The summed E-state index contributed by atoms with van der Waals surface area (Å²) in [5, 5.41) is 47.8. The van der Waals surface area contributed by atoms with E-state index in [1.54, 1.807) is 19.1 Å². The quantitative estimate of drug-likeness (QED) is 0.451. The molecule has 0 aromatic heterocycles. The molecule has 172 valence electrons. The van der Waals surface area contributed by atoms with Gasteiger partial charge >= 0.3 is 0 Å². The van der Waals surface area contributed by atoms with Crippen molar-refractivity contribution in [1.29, 1.82) is 0 Å². The summed E-state index contributed by atoms with van der Waals surface area (Å²) in [7, 11) is 0. The number of aliphatic hydroxyl groups excluding tert-OH is 5. The third-order valence-electron chi connectivity index (χ3n) is 4.92. The van der Waals surface area contributed by atoms with Crippen molar-refractivity contribution in [1.82, 2.24) is 0 Å². The summed E-state index contributed by atoms with van der Waals surface area (Å²) in [5.74, 6) is 0.799. The highest BCUT2D eigenvalue weighted by atomic mass is 35.5. The molecule has 0 bridgehead atoms. The third kappa shape index (κ3) is 6.63. The Morgan fingerprint density at radius 3 is 2.16 bits per heavy atom. The molecule has 1 fully saturated rings.